The number of nitrogens with zero attached hydrogens (tertiary/aromatic N) is 1. The molecule has 0 aromatic carbocycles. The average molecular weight is 184 g/mol. The zero-order chi connectivity index (χ0) is 9.84. The van der Waals surface area contributed by atoms with Crippen molar-refractivity contribution >= 4 is 5.91 Å². The average Bonchev–Trinajstić information content (AvgIpc) is 2.47. The van der Waals surface area contributed by atoms with E-state index >= 15 is 0 Å². The van der Waals surface area contributed by atoms with Crippen molar-refractivity contribution in [3.63, 3.8) is 0 Å². The maximum absolute atomic E-state index is 10.9. The van der Waals surface area contributed by atoms with Gasteiger partial charge in [0.15, 0.2) is 0 Å². The van der Waals surface area contributed by atoms with Crippen LogP contribution in [0.4, 0.5) is 0 Å². The van der Waals surface area contributed by atoms with Crippen LogP contribution in [0.2, 0.25) is 0 Å². The van der Waals surface area contributed by atoms with E-state index in [1.165, 1.54) is 6.92 Å². The zero-order valence-electron chi connectivity index (χ0n) is 7.57. The van der Waals surface area contributed by atoms with Crippen LogP contribution in [0.25, 0.3) is 0 Å². The van der Waals surface area contributed by atoms with Gasteiger partial charge in [-0.15, -0.1) is 0 Å². The molecule has 5 nitrogen and oxygen atoms in total. The van der Waals surface area contributed by atoms with Crippen molar-refractivity contribution in [3.05, 3.63) is 17.5 Å². The molecule has 0 fully saturated rings. The van der Waals surface area contributed by atoms with Crippen LogP contribution in [0.15, 0.2) is 10.6 Å². The number of rotatable bonds is 3. The number of amides is 1. The van der Waals surface area contributed by atoms with Crippen molar-refractivity contribution in [2.45, 2.75) is 26.5 Å². The molecule has 13 heavy (non-hydrogen) atoms. The molecule has 0 aliphatic rings. The molecule has 1 atom stereocenters. The minimum absolute atomic E-state index is 0.279. The normalized spacial score (nSPS) is 12.5. The van der Waals surface area contributed by atoms with Gasteiger partial charge < -0.3 is 14.9 Å². The van der Waals surface area contributed by atoms with Crippen LogP contribution in [0.3, 0.4) is 0 Å². The summed E-state index contributed by atoms with van der Waals surface area (Å²) in [5.41, 5.74) is 0.645. The number of aliphatic hydroxyl groups is 1. The molecule has 0 aliphatic carbocycles. The van der Waals surface area contributed by atoms with Crippen molar-refractivity contribution in [1.82, 2.24) is 10.5 Å². The fraction of sp³-hybridized carbons (Fsp3) is 0.500. The number of aliphatic hydroxyl groups excluding tert-OH is 1. The molecule has 2 N–H and O–H groups in total. The van der Waals surface area contributed by atoms with E-state index in [0.29, 0.717) is 11.5 Å². The van der Waals surface area contributed by atoms with E-state index in [9.17, 15) is 4.79 Å². The molecule has 1 aromatic rings. The standard InChI is InChI=1S/C8H12N2O3/c1-5-3-7(10-13-5)4-9-8(12)6(2)11/h3,6,11H,4H2,1-2H3,(H,9,12)/t6-/m0/s1. The lowest BCUT2D eigenvalue weighted by molar-refractivity contribution is -0.128. The fourth-order valence-corrected chi connectivity index (χ4v) is 0.827. The molecule has 0 spiro atoms. The maximum Gasteiger partial charge on any atom is 0.248 e. The molecule has 72 valence electrons. The molecule has 0 saturated heterocycles. The highest BCUT2D eigenvalue weighted by Gasteiger charge is 2.08. The maximum atomic E-state index is 10.9. The monoisotopic (exact) mass is 184 g/mol. The summed E-state index contributed by atoms with van der Waals surface area (Å²) in [6.07, 6.45) is -0.993. The first-order chi connectivity index (χ1) is 6.09. The van der Waals surface area contributed by atoms with Crippen LogP contribution in [0.5, 0.6) is 0 Å². The summed E-state index contributed by atoms with van der Waals surface area (Å²) in [4.78, 5) is 10.9. The smallest absolute Gasteiger partial charge is 0.248 e. The summed E-state index contributed by atoms with van der Waals surface area (Å²) < 4.78 is 4.79. The summed E-state index contributed by atoms with van der Waals surface area (Å²) in [5.74, 6) is 0.280. The number of aromatic nitrogens is 1. The summed E-state index contributed by atoms with van der Waals surface area (Å²) in [5, 5.41) is 15.0. The third-order valence-corrected chi connectivity index (χ3v) is 1.50. The van der Waals surface area contributed by atoms with Crippen LogP contribution in [-0.2, 0) is 11.3 Å². The predicted molar refractivity (Wildman–Crippen MR) is 44.8 cm³/mol. The van der Waals surface area contributed by atoms with Crippen molar-refractivity contribution in [1.29, 1.82) is 0 Å². The molecule has 0 bridgehead atoms. The quantitative estimate of drug-likeness (QED) is 0.692. The second-order valence-electron chi connectivity index (χ2n) is 2.82. The van der Waals surface area contributed by atoms with Gasteiger partial charge in [0.2, 0.25) is 5.91 Å². The van der Waals surface area contributed by atoms with Gasteiger partial charge in [-0.3, -0.25) is 4.79 Å². The molecule has 0 radical (unpaired) electrons. The van der Waals surface area contributed by atoms with Crippen LogP contribution < -0.4 is 5.32 Å². The molecular formula is C8H12N2O3. The van der Waals surface area contributed by atoms with E-state index < -0.39 is 12.0 Å². The summed E-state index contributed by atoms with van der Waals surface area (Å²) in [6.45, 7) is 3.46. The van der Waals surface area contributed by atoms with Crippen LogP contribution in [0, 0.1) is 6.92 Å². The van der Waals surface area contributed by atoms with Crippen molar-refractivity contribution in [2.24, 2.45) is 0 Å². The number of aryl methyl sites for hydroxylation is 1. The molecule has 1 aromatic heterocycles. The van der Waals surface area contributed by atoms with Gasteiger partial charge in [0, 0.05) is 6.07 Å². The predicted octanol–water partition coefficient (Wildman–Crippen LogP) is -0.0200. The summed E-state index contributed by atoms with van der Waals surface area (Å²) in [6, 6.07) is 1.72. The molecule has 0 aliphatic heterocycles. The Balaban J connectivity index is 2.39. The third kappa shape index (κ3) is 2.87. The minimum atomic E-state index is -0.993. The van der Waals surface area contributed by atoms with E-state index in [-0.39, 0.29) is 6.54 Å². The number of nitrogens with one attached hydrogen (secondary N) is 1. The van der Waals surface area contributed by atoms with E-state index in [2.05, 4.69) is 10.5 Å². The van der Waals surface area contributed by atoms with Gasteiger partial charge in [-0.05, 0) is 13.8 Å². The largest absolute Gasteiger partial charge is 0.384 e. The molecular weight excluding hydrogens is 172 g/mol. The van der Waals surface area contributed by atoms with Crippen LogP contribution >= 0.6 is 0 Å². The Bertz CT molecular complexity index is 293. The number of hydrogen-bond acceptors (Lipinski definition) is 4. The third-order valence-electron chi connectivity index (χ3n) is 1.50. The van der Waals surface area contributed by atoms with Crippen LogP contribution in [0.1, 0.15) is 18.4 Å². The van der Waals surface area contributed by atoms with E-state index in [0.717, 1.165) is 0 Å². The Hall–Kier alpha value is -1.36. The fourth-order valence-electron chi connectivity index (χ4n) is 0.827. The Morgan fingerprint density at radius 2 is 2.54 bits per heavy atom. The van der Waals surface area contributed by atoms with Gasteiger partial charge in [-0.1, -0.05) is 5.16 Å². The lowest BCUT2D eigenvalue weighted by Gasteiger charge is -2.03. The Kier molecular flexibility index (Phi) is 3.02. The van der Waals surface area contributed by atoms with E-state index in [1.807, 2.05) is 0 Å². The number of hydrogen-bond donors (Lipinski definition) is 2. The van der Waals surface area contributed by atoms with Gasteiger partial charge in [-0.2, -0.15) is 0 Å². The molecule has 5 heteroatoms. The van der Waals surface area contributed by atoms with Crippen molar-refractivity contribution in [3.8, 4) is 0 Å². The Morgan fingerprint density at radius 3 is 3.00 bits per heavy atom. The van der Waals surface area contributed by atoms with Crippen molar-refractivity contribution in [2.75, 3.05) is 0 Å². The van der Waals surface area contributed by atoms with Gasteiger partial charge in [0.25, 0.3) is 0 Å². The SMILES string of the molecule is Cc1cc(CNC(=O)[C@H](C)O)no1. The highest BCUT2D eigenvalue weighted by molar-refractivity contribution is 5.79. The van der Waals surface area contributed by atoms with E-state index in [1.54, 1.807) is 13.0 Å². The van der Waals surface area contributed by atoms with Gasteiger partial charge in [0.05, 0.1) is 6.54 Å². The number of carbonyl (C=O) groups is 1. The van der Waals surface area contributed by atoms with Gasteiger partial charge >= 0.3 is 0 Å². The highest BCUT2D eigenvalue weighted by atomic mass is 16.5. The Morgan fingerprint density at radius 1 is 1.85 bits per heavy atom. The second-order valence-corrected chi connectivity index (χ2v) is 2.82. The minimum Gasteiger partial charge on any atom is -0.384 e. The van der Waals surface area contributed by atoms with Gasteiger partial charge in [-0.25, -0.2) is 0 Å². The van der Waals surface area contributed by atoms with Gasteiger partial charge in [0.1, 0.15) is 17.6 Å². The lowest BCUT2D eigenvalue weighted by atomic mass is 10.3. The molecule has 0 unspecified atom stereocenters. The Labute approximate surface area is 75.7 Å². The van der Waals surface area contributed by atoms with Crippen LogP contribution in [-0.4, -0.2) is 22.3 Å². The molecule has 1 rings (SSSR count). The zero-order valence-corrected chi connectivity index (χ0v) is 7.57. The lowest BCUT2D eigenvalue weighted by Crippen LogP contribution is -2.32. The molecule has 1 amide bonds. The summed E-state index contributed by atoms with van der Waals surface area (Å²) in [7, 11) is 0. The molecule has 1 heterocycles. The second kappa shape index (κ2) is 4.04. The topological polar surface area (TPSA) is 75.4 Å². The first-order valence-electron chi connectivity index (χ1n) is 3.97. The van der Waals surface area contributed by atoms with Crippen molar-refractivity contribution < 1.29 is 14.4 Å². The van der Waals surface area contributed by atoms with E-state index in [4.69, 9.17) is 9.63 Å². The first kappa shape index (κ1) is 9.73. The summed E-state index contributed by atoms with van der Waals surface area (Å²) >= 11 is 0. The molecule has 0 saturated carbocycles. The number of carbonyl (C=O) groups excluding carboxylic acids is 1. The highest BCUT2D eigenvalue weighted by Crippen LogP contribution is 2.00. The first-order valence-corrected chi connectivity index (χ1v) is 3.97.